The molecule has 0 unspecified atom stereocenters. The van der Waals surface area contributed by atoms with E-state index in [4.69, 9.17) is 4.74 Å². The van der Waals surface area contributed by atoms with Crippen LogP contribution in [-0.4, -0.2) is 28.2 Å². The highest BCUT2D eigenvalue weighted by atomic mass is 19.1. The van der Waals surface area contributed by atoms with E-state index in [9.17, 15) is 14.0 Å². The summed E-state index contributed by atoms with van der Waals surface area (Å²) < 4.78 is 19.7. The standard InChI is InChI=1S/C13H13FN4O3/c1-18-7-9(6-15-18)13(20)17-16-12(19)8-21-11-5-3-2-4-10(11)14/h2-7H,8H2,1H3,(H,16,19)(H,17,20). The van der Waals surface area contributed by atoms with E-state index in [0.717, 1.165) is 0 Å². The maximum Gasteiger partial charge on any atom is 0.276 e. The molecule has 1 heterocycles. The van der Waals surface area contributed by atoms with E-state index >= 15 is 0 Å². The van der Waals surface area contributed by atoms with E-state index in [2.05, 4.69) is 16.0 Å². The Hall–Kier alpha value is -2.90. The van der Waals surface area contributed by atoms with Crippen LogP contribution in [0.5, 0.6) is 5.75 Å². The average Bonchev–Trinajstić information content (AvgIpc) is 2.90. The molecule has 1 aromatic heterocycles. The van der Waals surface area contributed by atoms with Crippen molar-refractivity contribution in [1.29, 1.82) is 0 Å². The Labute approximate surface area is 119 Å². The average molecular weight is 292 g/mol. The van der Waals surface area contributed by atoms with Gasteiger partial charge in [-0.15, -0.1) is 0 Å². The predicted octanol–water partition coefficient (Wildman–Crippen LogP) is 0.399. The van der Waals surface area contributed by atoms with E-state index < -0.39 is 24.2 Å². The SMILES string of the molecule is Cn1cc(C(=O)NNC(=O)COc2ccccc2F)cn1. The fourth-order valence-electron chi connectivity index (χ4n) is 1.48. The number of aryl methyl sites for hydroxylation is 1. The predicted molar refractivity (Wildman–Crippen MR) is 70.7 cm³/mol. The molecule has 0 aliphatic carbocycles. The topological polar surface area (TPSA) is 85.2 Å². The minimum Gasteiger partial charge on any atom is -0.481 e. The van der Waals surface area contributed by atoms with Crippen LogP contribution < -0.4 is 15.6 Å². The maximum absolute atomic E-state index is 13.2. The number of hydrogen-bond donors (Lipinski definition) is 2. The zero-order valence-electron chi connectivity index (χ0n) is 11.2. The minimum absolute atomic E-state index is 0.0359. The van der Waals surface area contributed by atoms with Crippen LogP contribution in [-0.2, 0) is 11.8 Å². The van der Waals surface area contributed by atoms with Crippen LogP contribution in [0.25, 0.3) is 0 Å². The van der Waals surface area contributed by atoms with Gasteiger partial charge in [0.05, 0.1) is 11.8 Å². The summed E-state index contributed by atoms with van der Waals surface area (Å²) in [5, 5.41) is 3.83. The third-order valence-electron chi connectivity index (χ3n) is 2.48. The van der Waals surface area contributed by atoms with E-state index in [1.165, 1.54) is 35.3 Å². The second kappa shape index (κ2) is 6.51. The van der Waals surface area contributed by atoms with Gasteiger partial charge in [-0.3, -0.25) is 25.1 Å². The van der Waals surface area contributed by atoms with Crippen LogP contribution in [0.1, 0.15) is 10.4 Å². The molecule has 0 atom stereocenters. The quantitative estimate of drug-likeness (QED) is 0.799. The first-order valence-corrected chi connectivity index (χ1v) is 6.01. The molecule has 0 fully saturated rings. The number of benzene rings is 1. The van der Waals surface area contributed by atoms with Crippen LogP contribution >= 0.6 is 0 Å². The molecule has 0 saturated carbocycles. The first kappa shape index (κ1) is 14.5. The number of amides is 2. The zero-order valence-corrected chi connectivity index (χ0v) is 11.2. The zero-order chi connectivity index (χ0) is 15.2. The van der Waals surface area contributed by atoms with E-state index in [-0.39, 0.29) is 5.75 Å². The molecule has 0 saturated heterocycles. The lowest BCUT2D eigenvalue weighted by Gasteiger charge is -2.08. The van der Waals surface area contributed by atoms with Gasteiger partial charge in [0.1, 0.15) is 0 Å². The number of hydrogen-bond acceptors (Lipinski definition) is 4. The second-order valence-corrected chi connectivity index (χ2v) is 4.12. The summed E-state index contributed by atoms with van der Waals surface area (Å²) in [6.07, 6.45) is 2.86. The summed E-state index contributed by atoms with van der Waals surface area (Å²) in [6.45, 7) is -0.422. The molecule has 21 heavy (non-hydrogen) atoms. The molecule has 0 bridgehead atoms. The van der Waals surface area contributed by atoms with Gasteiger partial charge in [0, 0.05) is 13.2 Å². The Morgan fingerprint density at radius 1 is 1.33 bits per heavy atom. The Kier molecular flexibility index (Phi) is 4.50. The molecule has 0 aliphatic heterocycles. The van der Waals surface area contributed by atoms with Crippen molar-refractivity contribution >= 4 is 11.8 Å². The van der Waals surface area contributed by atoms with Crippen molar-refractivity contribution in [2.75, 3.05) is 6.61 Å². The molecule has 0 aliphatic rings. The number of aromatic nitrogens is 2. The molecular weight excluding hydrogens is 279 g/mol. The van der Waals surface area contributed by atoms with Gasteiger partial charge in [-0.2, -0.15) is 5.10 Å². The molecule has 2 rings (SSSR count). The summed E-state index contributed by atoms with van der Waals surface area (Å²) in [4.78, 5) is 23.1. The Bertz CT molecular complexity index is 656. The molecule has 0 spiro atoms. The highest BCUT2D eigenvalue weighted by molar-refractivity contribution is 5.95. The van der Waals surface area contributed by atoms with Crippen molar-refractivity contribution in [2.45, 2.75) is 0 Å². The van der Waals surface area contributed by atoms with Gasteiger partial charge in [0.2, 0.25) is 0 Å². The van der Waals surface area contributed by atoms with Gasteiger partial charge in [-0.1, -0.05) is 12.1 Å². The summed E-state index contributed by atoms with van der Waals surface area (Å²) >= 11 is 0. The van der Waals surface area contributed by atoms with E-state index in [1.807, 2.05) is 0 Å². The summed E-state index contributed by atoms with van der Waals surface area (Å²) in [5.74, 6) is -1.73. The Balaban J connectivity index is 1.78. The van der Waals surface area contributed by atoms with Crippen molar-refractivity contribution in [3.05, 3.63) is 48.0 Å². The number of nitrogens with one attached hydrogen (secondary N) is 2. The van der Waals surface area contributed by atoms with Crippen LogP contribution in [0.15, 0.2) is 36.7 Å². The van der Waals surface area contributed by atoms with Crippen LogP contribution in [0.4, 0.5) is 4.39 Å². The summed E-state index contributed by atoms with van der Waals surface area (Å²) in [5.41, 5.74) is 4.65. The highest BCUT2D eigenvalue weighted by Gasteiger charge is 2.10. The maximum atomic E-state index is 13.2. The molecule has 2 N–H and O–H groups in total. The number of carbonyl (C=O) groups is 2. The number of para-hydroxylation sites is 1. The molecule has 1 aromatic carbocycles. The summed E-state index contributed by atoms with van der Waals surface area (Å²) in [6, 6.07) is 5.71. The lowest BCUT2D eigenvalue weighted by atomic mass is 10.3. The largest absolute Gasteiger partial charge is 0.481 e. The normalized spacial score (nSPS) is 10.0. The molecule has 8 heteroatoms. The van der Waals surface area contributed by atoms with Crippen LogP contribution in [0, 0.1) is 5.82 Å². The van der Waals surface area contributed by atoms with Gasteiger partial charge < -0.3 is 4.74 Å². The van der Waals surface area contributed by atoms with Crippen molar-refractivity contribution < 1.29 is 18.7 Å². The third-order valence-corrected chi connectivity index (χ3v) is 2.48. The van der Waals surface area contributed by atoms with E-state index in [0.29, 0.717) is 5.56 Å². The lowest BCUT2D eigenvalue weighted by molar-refractivity contribution is -0.123. The molecule has 7 nitrogen and oxygen atoms in total. The molecule has 2 amide bonds. The van der Waals surface area contributed by atoms with Crippen molar-refractivity contribution in [1.82, 2.24) is 20.6 Å². The summed E-state index contributed by atoms with van der Waals surface area (Å²) in [7, 11) is 1.66. The van der Waals surface area contributed by atoms with Crippen LogP contribution in [0.3, 0.4) is 0 Å². The first-order valence-electron chi connectivity index (χ1n) is 6.01. The van der Waals surface area contributed by atoms with Crippen molar-refractivity contribution in [3.8, 4) is 5.75 Å². The third kappa shape index (κ3) is 4.03. The molecule has 0 radical (unpaired) electrons. The number of carbonyl (C=O) groups excluding carboxylic acids is 2. The molecule has 2 aromatic rings. The fraction of sp³-hybridized carbons (Fsp3) is 0.154. The van der Waals surface area contributed by atoms with Gasteiger partial charge in [-0.05, 0) is 12.1 Å². The van der Waals surface area contributed by atoms with Gasteiger partial charge >= 0.3 is 0 Å². The monoisotopic (exact) mass is 292 g/mol. The number of ether oxygens (including phenoxy) is 1. The van der Waals surface area contributed by atoms with Gasteiger partial charge in [0.25, 0.3) is 11.8 Å². The number of rotatable bonds is 4. The Morgan fingerprint density at radius 3 is 2.76 bits per heavy atom. The molecule has 110 valence electrons. The van der Waals surface area contributed by atoms with Crippen LogP contribution in [0.2, 0.25) is 0 Å². The van der Waals surface area contributed by atoms with Gasteiger partial charge in [-0.25, -0.2) is 4.39 Å². The first-order chi connectivity index (χ1) is 10.1. The lowest BCUT2D eigenvalue weighted by Crippen LogP contribution is -2.43. The van der Waals surface area contributed by atoms with E-state index in [1.54, 1.807) is 13.1 Å². The number of halogens is 1. The second-order valence-electron chi connectivity index (χ2n) is 4.12. The highest BCUT2D eigenvalue weighted by Crippen LogP contribution is 2.14. The fourth-order valence-corrected chi connectivity index (χ4v) is 1.48. The smallest absolute Gasteiger partial charge is 0.276 e. The number of nitrogens with zero attached hydrogens (tertiary/aromatic N) is 2. The number of hydrazine groups is 1. The minimum atomic E-state index is -0.615. The Morgan fingerprint density at radius 2 is 2.10 bits per heavy atom. The molecular formula is C13H13FN4O3. The van der Waals surface area contributed by atoms with Crippen molar-refractivity contribution in [2.24, 2.45) is 7.05 Å². The van der Waals surface area contributed by atoms with Gasteiger partial charge in [0.15, 0.2) is 18.2 Å². The van der Waals surface area contributed by atoms with Crippen molar-refractivity contribution in [3.63, 3.8) is 0 Å².